The molecule has 0 unspecified atom stereocenters. The molecule has 0 radical (unpaired) electrons. The molecule has 0 aromatic heterocycles. The molecule has 0 saturated heterocycles. The number of hydrogen-bond donors (Lipinski definition) is 0. The Morgan fingerprint density at radius 2 is 1.73 bits per heavy atom. The van der Waals surface area contributed by atoms with Gasteiger partial charge in [0.05, 0.1) is 5.97 Å². The summed E-state index contributed by atoms with van der Waals surface area (Å²) in [7, 11) is 0. The van der Waals surface area contributed by atoms with E-state index < -0.39 is 11.8 Å². The van der Waals surface area contributed by atoms with Crippen LogP contribution in [0.2, 0.25) is 0 Å². The van der Waals surface area contributed by atoms with Crippen LogP contribution in [0.5, 0.6) is 0 Å². The molecule has 4 heteroatoms. The van der Waals surface area contributed by atoms with Crippen LogP contribution < -0.4 is 34.7 Å². The van der Waals surface area contributed by atoms with Crippen molar-refractivity contribution < 1.29 is 43.8 Å². The second kappa shape index (κ2) is 4.49. The minimum absolute atomic E-state index is 0. The van der Waals surface area contributed by atoms with Crippen molar-refractivity contribution in [2.75, 3.05) is 0 Å². The molecule has 0 bridgehead atoms. The molecule has 0 heterocycles. The molecule has 0 aliphatic rings. The van der Waals surface area contributed by atoms with Gasteiger partial charge in [0, 0.05) is 0 Å². The molecule has 0 amide bonds. The molecular formula is C7H4FNaO2. The first-order valence-corrected chi connectivity index (χ1v) is 2.67. The van der Waals surface area contributed by atoms with Gasteiger partial charge in [-0.1, -0.05) is 12.1 Å². The minimum atomic E-state index is -1.29. The van der Waals surface area contributed by atoms with Gasteiger partial charge in [-0.25, -0.2) is 4.39 Å². The predicted octanol–water partition coefficient (Wildman–Crippen LogP) is -2.81. The number of aromatic carboxylic acids is 1. The molecule has 0 aliphatic carbocycles. The molecule has 11 heavy (non-hydrogen) atoms. The molecule has 2 nitrogen and oxygen atoms in total. The van der Waals surface area contributed by atoms with E-state index in [1.807, 2.05) is 0 Å². The third-order valence-electron chi connectivity index (χ3n) is 1.08. The molecule has 0 N–H and O–H groups in total. The zero-order valence-electron chi connectivity index (χ0n) is 6.00. The van der Waals surface area contributed by atoms with Crippen LogP contribution in [0.15, 0.2) is 24.3 Å². The molecule has 0 spiro atoms. The second-order valence-corrected chi connectivity index (χ2v) is 1.79. The van der Waals surface area contributed by atoms with E-state index in [-0.39, 0.29) is 35.1 Å². The number of benzene rings is 1. The number of rotatable bonds is 1. The van der Waals surface area contributed by atoms with Crippen molar-refractivity contribution in [1.82, 2.24) is 0 Å². The van der Waals surface area contributed by atoms with Gasteiger partial charge in [-0.2, -0.15) is 0 Å². The maximum Gasteiger partial charge on any atom is 1.00 e. The fourth-order valence-electron chi connectivity index (χ4n) is 0.586. The fraction of sp³-hybridized carbons (Fsp3) is 0. The maximum absolute atomic E-state index is 12.1. The zero-order chi connectivity index (χ0) is 7.56. The van der Waals surface area contributed by atoms with Gasteiger partial charge in [0.25, 0.3) is 0 Å². The van der Waals surface area contributed by atoms with Crippen molar-refractivity contribution in [2.45, 2.75) is 0 Å². The van der Waals surface area contributed by atoms with E-state index in [0.29, 0.717) is 0 Å². The number of carbonyl (C=O) groups excluding carboxylic acids is 1. The van der Waals surface area contributed by atoms with E-state index in [0.717, 1.165) is 24.3 Å². The second-order valence-electron chi connectivity index (χ2n) is 1.79. The number of carbonyl (C=O) groups is 1. The Morgan fingerprint density at radius 1 is 1.27 bits per heavy atom. The van der Waals surface area contributed by atoms with Crippen LogP contribution in [0.4, 0.5) is 4.39 Å². The van der Waals surface area contributed by atoms with Crippen LogP contribution in [-0.4, -0.2) is 5.97 Å². The summed E-state index contributed by atoms with van der Waals surface area (Å²) in [5.74, 6) is -1.75. The Balaban J connectivity index is 0.000001000. The van der Waals surface area contributed by atoms with Gasteiger partial charge < -0.3 is 9.90 Å². The SMILES string of the molecule is O=C([O-])c1ccc(F)cc1.[Na+]. The Kier molecular flexibility index (Phi) is 4.33. The first kappa shape index (κ1) is 10.6. The van der Waals surface area contributed by atoms with Crippen LogP contribution in [0, 0.1) is 5.82 Å². The van der Waals surface area contributed by atoms with Crippen LogP contribution in [0.25, 0.3) is 0 Å². The smallest absolute Gasteiger partial charge is 0.545 e. The van der Waals surface area contributed by atoms with E-state index in [1.165, 1.54) is 0 Å². The standard InChI is InChI=1S/C7H5FO2.Na/c8-6-3-1-5(2-4-6)7(9)10;/h1-4H,(H,9,10);/q;+1/p-1. The Hall–Kier alpha value is -0.380. The normalized spacial score (nSPS) is 8.45. The summed E-state index contributed by atoms with van der Waals surface area (Å²) in [4.78, 5) is 10.1. The van der Waals surface area contributed by atoms with Gasteiger partial charge in [0.1, 0.15) is 5.82 Å². The van der Waals surface area contributed by atoms with E-state index in [2.05, 4.69) is 0 Å². The van der Waals surface area contributed by atoms with Crippen molar-refractivity contribution >= 4 is 5.97 Å². The number of hydrogen-bond acceptors (Lipinski definition) is 2. The summed E-state index contributed by atoms with van der Waals surface area (Å²) in [6.07, 6.45) is 0. The monoisotopic (exact) mass is 162 g/mol. The third-order valence-corrected chi connectivity index (χ3v) is 1.08. The van der Waals surface area contributed by atoms with E-state index in [4.69, 9.17) is 0 Å². The van der Waals surface area contributed by atoms with E-state index >= 15 is 0 Å². The minimum Gasteiger partial charge on any atom is -0.545 e. The van der Waals surface area contributed by atoms with Gasteiger partial charge in [0.15, 0.2) is 0 Å². The van der Waals surface area contributed by atoms with Crippen molar-refractivity contribution in [3.63, 3.8) is 0 Å². The first-order chi connectivity index (χ1) is 4.70. The quantitative estimate of drug-likeness (QED) is 0.418. The van der Waals surface area contributed by atoms with Gasteiger partial charge in [0.2, 0.25) is 0 Å². The van der Waals surface area contributed by atoms with Crippen LogP contribution in [-0.2, 0) is 0 Å². The summed E-state index contributed by atoms with van der Waals surface area (Å²) < 4.78 is 12.1. The molecule has 1 rings (SSSR count). The van der Waals surface area contributed by atoms with E-state index in [1.54, 1.807) is 0 Å². The number of carboxylic acids is 1. The summed E-state index contributed by atoms with van der Waals surface area (Å²) in [5.41, 5.74) is -0.0126. The fourth-order valence-corrected chi connectivity index (χ4v) is 0.586. The zero-order valence-corrected chi connectivity index (χ0v) is 8.00. The maximum atomic E-state index is 12.1. The third kappa shape index (κ3) is 3.01. The van der Waals surface area contributed by atoms with Crippen molar-refractivity contribution in [3.8, 4) is 0 Å². The van der Waals surface area contributed by atoms with Gasteiger partial charge >= 0.3 is 29.6 Å². The van der Waals surface area contributed by atoms with Crippen LogP contribution in [0.3, 0.4) is 0 Å². The van der Waals surface area contributed by atoms with Crippen LogP contribution >= 0.6 is 0 Å². The van der Waals surface area contributed by atoms with Gasteiger partial charge in [-0.15, -0.1) is 0 Å². The van der Waals surface area contributed by atoms with Gasteiger partial charge in [-0.05, 0) is 17.7 Å². The Morgan fingerprint density at radius 3 is 2.09 bits per heavy atom. The molecule has 52 valence electrons. The summed E-state index contributed by atoms with van der Waals surface area (Å²) >= 11 is 0. The molecule has 0 fully saturated rings. The number of carboxylic acid groups (broad SMARTS) is 1. The average molecular weight is 162 g/mol. The van der Waals surface area contributed by atoms with Gasteiger partial charge in [-0.3, -0.25) is 0 Å². The van der Waals surface area contributed by atoms with E-state index in [9.17, 15) is 14.3 Å². The molecule has 0 atom stereocenters. The summed E-state index contributed by atoms with van der Waals surface area (Å²) in [6, 6.07) is 4.46. The number of halogens is 1. The average Bonchev–Trinajstić information content (AvgIpc) is 1.88. The van der Waals surface area contributed by atoms with Crippen LogP contribution in [0.1, 0.15) is 10.4 Å². The molecule has 1 aromatic carbocycles. The predicted molar refractivity (Wildman–Crippen MR) is 30.7 cm³/mol. The topological polar surface area (TPSA) is 40.1 Å². The molecule has 0 saturated carbocycles. The molecule has 1 aromatic rings. The Bertz CT molecular complexity index is 245. The van der Waals surface area contributed by atoms with Crippen molar-refractivity contribution in [1.29, 1.82) is 0 Å². The van der Waals surface area contributed by atoms with Crippen molar-refractivity contribution in [3.05, 3.63) is 35.6 Å². The Labute approximate surface area is 85.3 Å². The largest absolute Gasteiger partial charge is 1.00 e. The summed E-state index contributed by atoms with van der Waals surface area (Å²) in [5, 5.41) is 10.1. The first-order valence-electron chi connectivity index (χ1n) is 2.67. The van der Waals surface area contributed by atoms with Crippen molar-refractivity contribution in [2.24, 2.45) is 0 Å². The summed E-state index contributed by atoms with van der Waals surface area (Å²) in [6.45, 7) is 0. The molecule has 0 aliphatic heterocycles. The molecular weight excluding hydrogens is 158 g/mol.